The minimum atomic E-state index is -3.12. The number of nitrogens with one attached hydrogen (secondary N) is 1. The van der Waals surface area contributed by atoms with E-state index < -0.39 is 54.4 Å². The predicted octanol–water partition coefficient (Wildman–Crippen LogP) is -1.91. The molecule has 0 saturated carbocycles. The molecule has 0 radical (unpaired) electrons. The first-order valence-electron chi connectivity index (χ1n) is 5.62. The van der Waals surface area contributed by atoms with Gasteiger partial charge >= 0.3 is 5.69 Å². The van der Waals surface area contributed by atoms with Crippen LogP contribution in [0.25, 0.3) is 0 Å². The summed E-state index contributed by atoms with van der Waals surface area (Å²) in [7, 11) is 0. The van der Waals surface area contributed by atoms with Crippen LogP contribution in [-0.4, -0.2) is 49.8 Å². The number of nitrogens with zero attached hydrogens (tertiary/aromatic N) is 1. The number of aromatic amines is 1. The van der Waals surface area contributed by atoms with E-state index in [1.807, 2.05) is 0 Å². The van der Waals surface area contributed by atoms with Crippen LogP contribution in [0.2, 0.25) is 0 Å². The van der Waals surface area contributed by atoms with Gasteiger partial charge in [0.15, 0.2) is 6.23 Å². The molecule has 1 aromatic heterocycles. The van der Waals surface area contributed by atoms with Gasteiger partial charge in [0.1, 0.15) is 18.3 Å². The van der Waals surface area contributed by atoms with E-state index in [-0.39, 0.29) is 0 Å². The summed E-state index contributed by atoms with van der Waals surface area (Å²) >= 11 is 0. The van der Waals surface area contributed by atoms with Crippen LogP contribution in [0.5, 0.6) is 0 Å². The number of aliphatic hydroxyl groups excluding tert-OH is 3. The highest BCUT2D eigenvalue weighted by Gasteiger charge is 2.44. The zero-order chi connectivity index (χ0) is 15.0. The lowest BCUT2D eigenvalue weighted by molar-refractivity contribution is -0.0554. The van der Waals surface area contributed by atoms with Gasteiger partial charge in [-0.1, -0.05) is 0 Å². The van der Waals surface area contributed by atoms with E-state index in [4.69, 9.17) is 9.84 Å². The number of hydrogen-bond acceptors (Lipinski definition) is 6. The normalized spacial score (nSPS) is 30.1. The second-order valence-electron chi connectivity index (χ2n) is 4.28. The number of halogens is 2. The molecule has 4 N–H and O–H groups in total. The molecule has 0 aliphatic carbocycles. The first-order chi connectivity index (χ1) is 9.36. The van der Waals surface area contributed by atoms with Crippen LogP contribution in [-0.2, 0) is 4.74 Å². The highest BCUT2D eigenvalue weighted by molar-refractivity contribution is 5.07. The fourth-order valence-electron chi connectivity index (χ4n) is 1.96. The van der Waals surface area contributed by atoms with E-state index in [0.29, 0.717) is 10.8 Å². The molecule has 1 aliphatic rings. The second kappa shape index (κ2) is 5.40. The predicted molar refractivity (Wildman–Crippen MR) is 59.3 cm³/mol. The Bertz CT molecular complexity index is 600. The molecule has 0 bridgehead atoms. The molecule has 1 aliphatic heterocycles. The van der Waals surface area contributed by atoms with Crippen LogP contribution in [0.3, 0.4) is 0 Å². The first kappa shape index (κ1) is 14.8. The van der Waals surface area contributed by atoms with Gasteiger partial charge < -0.3 is 20.1 Å². The number of H-pyrrole nitrogens is 1. The topological polar surface area (TPSA) is 125 Å². The van der Waals surface area contributed by atoms with Crippen molar-refractivity contribution in [2.24, 2.45) is 0 Å². The summed E-state index contributed by atoms with van der Waals surface area (Å²) in [6, 6.07) is 0. The molecule has 1 aromatic rings. The largest absolute Gasteiger partial charge is 0.394 e. The maximum Gasteiger partial charge on any atom is 0.330 e. The second-order valence-corrected chi connectivity index (χ2v) is 4.28. The van der Waals surface area contributed by atoms with Gasteiger partial charge in [-0.15, -0.1) is 0 Å². The van der Waals surface area contributed by atoms with Crippen LogP contribution in [0.1, 0.15) is 18.2 Å². The van der Waals surface area contributed by atoms with Crippen molar-refractivity contribution in [3.63, 3.8) is 0 Å². The molecule has 10 heteroatoms. The highest BCUT2D eigenvalue weighted by Crippen LogP contribution is 2.28. The zero-order valence-corrected chi connectivity index (χ0v) is 9.94. The van der Waals surface area contributed by atoms with E-state index in [9.17, 15) is 28.6 Å². The van der Waals surface area contributed by atoms with Gasteiger partial charge in [0.25, 0.3) is 12.0 Å². The fourth-order valence-corrected chi connectivity index (χ4v) is 1.96. The molecule has 8 nitrogen and oxygen atoms in total. The Labute approximate surface area is 109 Å². The van der Waals surface area contributed by atoms with E-state index in [1.165, 1.54) is 0 Å². The number of hydrogen-bond donors (Lipinski definition) is 4. The van der Waals surface area contributed by atoms with Crippen LogP contribution < -0.4 is 11.2 Å². The first-order valence-corrected chi connectivity index (χ1v) is 5.62. The number of aliphatic hydroxyl groups is 3. The molecule has 2 rings (SSSR count). The third kappa shape index (κ3) is 2.38. The Morgan fingerprint density at radius 1 is 1.35 bits per heavy atom. The van der Waals surface area contributed by atoms with Crippen molar-refractivity contribution >= 4 is 0 Å². The van der Waals surface area contributed by atoms with Crippen LogP contribution >= 0.6 is 0 Å². The lowest BCUT2D eigenvalue weighted by Gasteiger charge is -2.17. The summed E-state index contributed by atoms with van der Waals surface area (Å²) in [6.07, 6.45) is -8.30. The molecule has 1 fully saturated rings. The maximum absolute atomic E-state index is 12.6. The molecule has 0 unspecified atom stereocenters. The van der Waals surface area contributed by atoms with Crippen molar-refractivity contribution < 1.29 is 28.8 Å². The number of alkyl halides is 2. The lowest BCUT2D eigenvalue weighted by atomic mass is 10.1. The maximum atomic E-state index is 12.6. The quantitative estimate of drug-likeness (QED) is 0.515. The van der Waals surface area contributed by atoms with Gasteiger partial charge in [0.2, 0.25) is 0 Å². The van der Waals surface area contributed by atoms with Crippen molar-refractivity contribution in [1.29, 1.82) is 0 Å². The molecule has 4 atom stereocenters. The van der Waals surface area contributed by atoms with Crippen LogP contribution in [0.15, 0.2) is 15.8 Å². The van der Waals surface area contributed by atoms with Gasteiger partial charge in [-0.05, 0) is 0 Å². The van der Waals surface area contributed by atoms with Crippen LogP contribution in [0.4, 0.5) is 8.78 Å². The van der Waals surface area contributed by atoms with E-state index in [1.54, 1.807) is 4.98 Å². The van der Waals surface area contributed by atoms with E-state index in [0.717, 1.165) is 0 Å². The summed E-state index contributed by atoms with van der Waals surface area (Å²) in [5, 5.41) is 28.2. The summed E-state index contributed by atoms with van der Waals surface area (Å²) in [6.45, 7) is -0.630. The van der Waals surface area contributed by atoms with Crippen molar-refractivity contribution in [1.82, 2.24) is 9.55 Å². The monoisotopic (exact) mass is 294 g/mol. The molecule has 1 saturated heterocycles. The lowest BCUT2D eigenvalue weighted by Crippen LogP contribution is -2.39. The Morgan fingerprint density at radius 3 is 2.50 bits per heavy atom. The highest BCUT2D eigenvalue weighted by atomic mass is 19.3. The number of ether oxygens (including phenoxy) is 1. The summed E-state index contributed by atoms with van der Waals surface area (Å²) in [4.78, 5) is 24.4. The van der Waals surface area contributed by atoms with E-state index in [2.05, 4.69) is 0 Å². The van der Waals surface area contributed by atoms with Crippen molar-refractivity contribution in [3.05, 3.63) is 32.6 Å². The zero-order valence-electron chi connectivity index (χ0n) is 9.94. The van der Waals surface area contributed by atoms with Crippen LogP contribution in [0, 0.1) is 0 Å². The summed E-state index contributed by atoms with van der Waals surface area (Å²) in [5.74, 6) is 0. The smallest absolute Gasteiger partial charge is 0.330 e. The Kier molecular flexibility index (Phi) is 3.99. The summed E-state index contributed by atoms with van der Waals surface area (Å²) in [5.41, 5.74) is -3.29. The van der Waals surface area contributed by atoms with Crippen molar-refractivity contribution in [2.45, 2.75) is 31.0 Å². The molecular weight excluding hydrogens is 282 g/mol. The number of rotatable bonds is 3. The van der Waals surface area contributed by atoms with E-state index >= 15 is 0 Å². The average molecular weight is 294 g/mol. The summed E-state index contributed by atoms with van der Waals surface area (Å²) < 4.78 is 30.8. The SMILES string of the molecule is O=c1[nH]c(=O)n([C@@H]2O[C@H](CO)[C@@H](O)[C@H]2O)cc1C(F)F. The molecule has 0 amide bonds. The Balaban J connectivity index is 2.46. The Hall–Kier alpha value is -1.62. The molecular formula is C10H12F2N2O6. The van der Waals surface area contributed by atoms with Crippen molar-refractivity contribution in [2.75, 3.05) is 6.61 Å². The van der Waals surface area contributed by atoms with Gasteiger partial charge in [-0.3, -0.25) is 14.3 Å². The van der Waals surface area contributed by atoms with Gasteiger partial charge in [-0.25, -0.2) is 13.6 Å². The molecule has 112 valence electrons. The van der Waals surface area contributed by atoms with Gasteiger partial charge in [0.05, 0.1) is 12.2 Å². The number of aromatic nitrogens is 2. The average Bonchev–Trinajstić information content (AvgIpc) is 2.66. The van der Waals surface area contributed by atoms with Crippen molar-refractivity contribution in [3.8, 4) is 0 Å². The standard InChI is InChI=1S/C10H12F2N2O6/c11-7(12)3-1-14(10(19)13-8(3)18)9-6(17)5(16)4(2-15)20-9/h1,4-7,9,15-17H,2H2,(H,13,18,19)/t4-,5-,6-,9-/m1/s1. The van der Waals surface area contributed by atoms with Gasteiger partial charge in [-0.2, -0.15) is 0 Å². The van der Waals surface area contributed by atoms with Gasteiger partial charge in [0, 0.05) is 6.20 Å². The third-order valence-corrected chi connectivity index (χ3v) is 3.02. The molecule has 20 heavy (non-hydrogen) atoms. The molecule has 0 aromatic carbocycles. The Morgan fingerprint density at radius 2 is 2.00 bits per heavy atom. The molecule has 2 heterocycles. The fraction of sp³-hybridized carbons (Fsp3) is 0.600. The minimum Gasteiger partial charge on any atom is -0.394 e. The minimum absolute atomic E-state index is 0.548. The third-order valence-electron chi connectivity index (χ3n) is 3.02. The molecule has 0 spiro atoms.